The molecule has 0 bridgehead atoms. The molecular formula is C13H21ClN2O2. The Labute approximate surface area is 115 Å². The molecule has 0 aromatic heterocycles. The Balaban J connectivity index is 0.00000289. The van der Waals surface area contributed by atoms with Crippen molar-refractivity contribution in [1.29, 1.82) is 0 Å². The lowest BCUT2D eigenvalue weighted by atomic mass is 10.2. The fraction of sp³-hybridized carbons (Fsp3) is 0.462. The number of methoxy groups -OCH3 is 1. The summed E-state index contributed by atoms with van der Waals surface area (Å²) >= 11 is 0. The summed E-state index contributed by atoms with van der Waals surface area (Å²) in [6.45, 7) is 3.36. The van der Waals surface area contributed by atoms with Crippen molar-refractivity contribution in [2.24, 2.45) is 5.73 Å². The molecule has 102 valence electrons. The quantitative estimate of drug-likeness (QED) is 0.852. The number of nitrogens with two attached hydrogens (primary N) is 1. The zero-order valence-corrected chi connectivity index (χ0v) is 11.7. The van der Waals surface area contributed by atoms with Crippen molar-refractivity contribution >= 4 is 18.3 Å². The molecule has 2 N–H and O–H groups in total. The second kappa shape index (κ2) is 8.91. The minimum Gasteiger partial charge on any atom is -0.383 e. The van der Waals surface area contributed by atoms with Crippen molar-refractivity contribution in [3.63, 3.8) is 0 Å². The third kappa shape index (κ3) is 5.49. The fourth-order valence-electron chi connectivity index (χ4n) is 1.56. The van der Waals surface area contributed by atoms with Gasteiger partial charge in [-0.2, -0.15) is 0 Å². The van der Waals surface area contributed by atoms with E-state index in [2.05, 4.69) is 0 Å². The number of carbonyl (C=O) groups is 1. The lowest BCUT2D eigenvalue weighted by Gasteiger charge is -2.24. The minimum atomic E-state index is -0.476. The van der Waals surface area contributed by atoms with Crippen LogP contribution in [0.25, 0.3) is 0 Å². The summed E-state index contributed by atoms with van der Waals surface area (Å²) in [6.07, 6.45) is 0. The van der Waals surface area contributed by atoms with Gasteiger partial charge in [-0.3, -0.25) is 4.79 Å². The first-order valence-electron chi connectivity index (χ1n) is 5.72. The van der Waals surface area contributed by atoms with Gasteiger partial charge in [0.05, 0.1) is 12.6 Å². The second-order valence-corrected chi connectivity index (χ2v) is 4.03. The molecular weight excluding hydrogens is 252 g/mol. The molecule has 1 aromatic rings. The van der Waals surface area contributed by atoms with Crippen LogP contribution in [0.2, 0.25) is 0 Å². The topological polar surface area (TPSA) is 55.6 Å². The van der Waals surface area contributed by atoms with Crippen molar-refractivity contribution in [2.75, 3.05) is 20.3 Å². The molecule has 1 amide bonds. The van der Waals surface area contributed by atoms with Crippen molar-refractivity contribution < 1.29 is 9.53 Å². The monoisotopic (exact) mass is 272 g/mol. The Morgan fingerprint density at radius 2 is 2.00 bits per heavy atom. The van der Waals surface area contributed by atoms with E-state index in [0.29, 0.717) is 19.7 Å². The van der Waals surface area contributed by atoms with Gasteiger partial charge < -0.3 is 15.4 Å². The largest absolute Gasteiger partial charge is 0.383 e. The van der Waals surface area contributed by atoms with Crippen LogP contribution in [0.3, 0.4) is 0 Å². The van der Waals surface area contributed by atoms with E-state index in [0.717, 1.165) is 5.56 Å². The van der Waals surface area contributed by atoms with Gasteiger partial charge in [0, 0.05) is 20.2 Å². The first kappa shape index (κ1) is 16.9. The molecule has 0 aliphatic carbocycles. The molecule has 0 spiro atoms. The van der Waals surface area contributed by atoms with Gasteiger partial charge in [0.1, 0.15) is 0 Å². The van der Waals surface area contributed by atoms with Gasteiger partial charge in [-0.1, -0.05) is 30.3 Å². The predicted molar refractivity (Wildman–Crippen MR) is 74.6 cm³/mol. The van der Waals surface area contributed by atoms with Gasteiger partial charge in [-0.05, 0) is 12.5 Å². The highest BCUT2D eigenvalue weighted by Crippen LogP contribution is 2.05. The maximum Gasteiger partial charge on any atom is 0.239 e. The maximum absolute atomic E-state index is 11.9. The van der Waals surface area contributed by atoms with Crippen LogP contribution in [0.4, 0.5) is 0 Å². The normalized spacial score (nSPS) is 11.5. The van der Waals surface area contributed by atoms with Gasteiger partial charge in [-0.15, -0.1) is 12.4 Å². The second-order valence-electron chi connectivity index (χ2n) is 4.03. The summed E-state index contributed by atoms with van der Waals surface area (Å²) < 4.78 is 5.01. The van der Waals surface area contributed by atoms with Gasteiger partial charge in [0.2, 0.25) is 5.91 Å². The number of rotatable bonds is 6. The summed E-state index contributed by atoms with van der Waals surface area (Å²) in [7, 11) is 1.62. The van der Waals surface area contributed by atoms with Crippen LogP contribution in [0.1, 0.15) is 12.5 Å². The molecule has 0 saturated carbocycles. The third-order valence-corrected chi connectivity index (χ3v) is 2.48. The zero-order chi connectivity index (χ0) is 12.7. The van der Waals surface area contributed by atoms with Gasteiger partial charge in [0.15, 0.2) is 0 Å². The first-order chi connectivity index (χ1) is 8.15. The van der Waals surface area contributed by atoms with E-state index in [1.165, 1.54) is 0 Å². The van der Waals surface area contributed by atoms with Crippen molar-refractivity contribution in [3.8, 4) is 0 Å². The van der Waals surface area contributed by atoms with Crippen LogP contribution in [0.5, 0.6) is 0 Å². The summed E-state index contributed by atoms with van der Waals surface area (Å²) in [5, 5.41) is 0. The first-order valence-corrected chi connectivity index (χ1v) is 5.72. The summed E-state index contributed by atoms with van der Waals surface area (Å²) in [5.74, 6) is -0.0501. The average Bonchev–Trinajstić information content (AvgIpc) is 2.34. The van der Waals surface area contributed by atoms with E-state index in [4.69, 9.17) is 10.5 Å². The highest BCUT2D eigenvalue weighted by atomic mass is 35.5. The molecule has 1 atom stereocenters. The Morgan fingerprint density at radius 3 is 2.50 bits per heavy atom. The van der Waals surface area contributed by atoms with Crippen LogP contribution in [-0.2, 0) is 16.1 Å². The molecule has 0 heterocycles. The number of nitrogens with zero attached hydrogens (tertiary/aromatic N) is 1. The van der Waals surface area contributed by atoms with E-state index in [9.17, 15) is 4.79 Å². The van der Waals surface area contributed by atoms with Crippen molar-refractivity contribution in [1.82, 2.24) is 4.90 Å². The standard InChI is InChI=1S/C13H20N2O2.ClH/c1-11(14)13(16)15(8-9-17-2)10-12-6-4-3-5-7-12;/h3-7,11H,8-10,14H2,1-2H3;1H/t11-;/m1./s1. The van der Waals surface area contributed by atoms with E-state index in [1.54, 1.807) is 18.9 Å². The number of amides is 1. The third-order valence-electron chi connectivity index (χ3n) is 2.48. The molecule has 0 saturated heterocycles. The zero-order valence-electron chi connectivity index (χ0n) is 10.8. The molecule has 0 aliphatic heterocycles. The molecule has 1 rings (SSSR count). The summed E-state index contributed by atoms with van der Waals surface area (Å²) in [4.78, 5) is 13.6. The molecule has 5 heteroatoms. The van der Waals surface area contributed by atoms with E-state index in [-0.39, 0.29) is 18.3 Å². The predicted octanol–water partition coefficient (Wildman–Crippen LogP) is 1.43. The Hall–Kier alpha value is -1.10. The Kier molecular flexibility index (Phi) is 8.37. The van der Waals surface area contributed by atoms with E-state index in [1.807, 2.05) is 30.3 Å². The Bertz CT molecular complexity index is 344. The number of carbonyl (C=O) groups excluding carboxylic acids is 1. The molecule has 0 radical (unpaired) electrons. The summed E-state index contributed by atoms with van der Waals surface area (Å²) in [5.41, 5.74) is 6.73. The molecule has 18 heavy (non-hydrogen) atoms. The minimum absolute atomic E-state index is 0. The van der Waals surface area contributed by atoms with Crippen LogP contribution in [-0.4, -0.2) is 37.1 Å². The van der Waals surface area contributed by atoms with Crippen LogP contribution < -0.4 is 5.73 Å². The number of halogens is 1. The fourth-order valence-corrected chi connectivity index (χ4v) is 1.56. The number of hydrogen-bond acceptors (Lipinski definition) is 3. The van der Waals surface area contributed by atoms with E-state index >= 15 is 0 Å². The van der Waals surface area contributed by atoms with Gasteiger partial charge >= 0.3 is 0 Å². The van der Waals surface area contributed by atoms with Gasteiger partial charge in [-0.25, -0.2) is 0 Å². The lowest BCUT2D eigenvalue weighted by Crippen LogP contribution is -2.43. The highest BCUT2D eigenvalue weighted by molar-refractivity contribution is 5.85. The smallest absolute Gasteiger partial charge is 0.239 e. The lowest BCUT2D eigenvalue weighted by molar-refractivity contribution is -0.133. The van der Waals surface area contributed by atoms with Crippen molar-refractivity contribution in [2.45, 2.75) is 19.5 Å². The molecule has 0 fully saturated rings. The average molecular weight is 273 g/mol. The number of ether oxygens (including phenoxy) is 1. The van der Waals surface area contributed by atoms with Crippen LogP contribution in [0, 0.1) is 0 Å². The van der Waals surface area contributed by atoms with Crippen LogP contribution in [0.15, 0.2) is 30.3 Å². The maximum atomic E-state index is 11.9. The number of hydrogen-bond donors (Lipinski definition) is 1. The molecule has 4 nitrogen and oxygen atoms in total. The number of benzene rings is 1. The molecule has 1 aromatic carbocycles. The molecule has 0 aliphatic rings. The van der Waals surface area contributed by atoms with E-state index < -0.39 is 6.04 Å². The SMILES string of the molecule is COCCN(Cc1ccccc1)C(=O)[C@@H](C)N.Cl. The molecule has 0 unspecified atom stereocenters. The van der Waals surface area contributed by atoms with Gasteiger partial charge in [0.25, 0.3) is 0 Å². The van der Waals surface area contributed by atoms with Crippen LogP contribution >= 0.6 is 12.4 Å². The highest BCUT2D eigenvalue weighted by Gasteiger charge is 2.17. The Morgan fingerprint density at radius 1 is 1.39 bits per heavy atom. The summed E-state index contributed by atoms with van der Waals surface area (Å²) in [6, 6.07) is 9.38. The van der Waals surface area contributed by atoms with Crippen molar-refractivity contribution in [3.05, 3.63) is 35.9 Å².